The molecule has 0 aliphatic rings. The lowest BCUT2D eigenvalue weighted by atomic mass is 10.3. The molecule has 2 heterocycles. The number of aliphatic hydroxyl groups excluding tert-OH is 1. The van der Waals surface area contributed by atoms with Gasteiger partial charge in [0.2, 0.25) is 0 Å². The van der Waals surface area contributed by atoms with E-state index in [2.05, 4.69) is 25.9 Å². The number of aromatic nitrogens is 4. The van der Waals surface area contributed by atoms with E-state index in [1.165, 1.54) is 16.2 Å². The quantitative estimate of drug-likeness (QED) is 0.617. The summed E-state index contributed by atoms with van der Waals surface area (Å²) in [5.41, 5.74) is -0.174. The number of imidazole rings is 1. The van der Waals surface area contributed by atoms with Crippen molar-refractivity contribution in [2.24, 2.45) is 7.05 Å². The highest BCUT2D eigenvalue weighted by molar-refractivity contribution is 9.10. The van der Waals surface area contributed by atoms with Crippen LogP contribution in [0.3, 0.4) is 0 Å². The van der Waals surface area contributed by atoms with Crippen molar-refractivity contribution in [3.05, 3.63) is 55.9 Å². The SMILES string of the molecule is Cn1c(=O)nc(Br)c2c1[nH]c(=O)n2CC(O)COc1ccccc1. The number of nitrogens with one attached hydrogen (secondary N) is 1. The van der Waals surface area contributed by atoms with Gasteiger partial charge >= 0.3 is 11.4 Å². The Morgan fingerprint density at radius 2 is 2.04 bits per heavy atom. The number of ether oxygens (including phenoxy) is 1. The van der Waals surface area contributed by atoms with Crippen LogP contribution >= 0.6 is 15.9 Å². The number of hydrogen-bond donors (Lipinski definition) is 2. The van der Waals surface area contributed by atoms with Crippen LogP contribution in [0.4, 0.5) is 0 Å². The Kier molecular flexibility index (Phi) is 4.54. The molecular weight excluding hydrogens is 380 g/mol. The number of fused-ring (bicyclic) bond motifs is 1. The lowest BCUT2D eigenvalue weighted by molar-refractivity contribution is 0.0926. The smallest absolute Gasteiger partial charge is 0.350 e. The minimum Gasteiger partial charge on any atom is -0.491 e. The maximum atomic E-state index is 12.2. The molecule has 0 fully saturated rings. The molecule has 3 aromatic rings. The summed E-state index contributed by atoms with van der Waals surface area (Å²) in [6, 6.07) is 9.08. The molecule has 1 aromatic carbocycles. The molecule has 0 bridgehead atoms. The van der Waals surface area contributed by atoms with Gasteiger partial charge < -0.3 is 9.84 Å². The van der Waals surface area contributed by atoms with Gasteiger partial charge in [-0.15, -0.1) is 0 Å². The molecule has 0 aliphatic carbocycles. The van der Waals surface area contributed by atoms with E-state index in [0.717, 1.165) is 0 Å². The van der Waals surface area contributed by atoms with Gasteiger partial charge in [-0.05, 0) is 28.1 Å². The van der Waals surface area contributed by atoms with E-state index in [-0.39, 0.29) is 17.8 Å². The van der Waals surface area contributed by atoms with Crippen LogP contribution in [0.25, 0.3) is 11.2 Å². The number of hydrogen-bond acceptors (Lipinski definition) is 5. The van der Waals surface area contributed by atoms with Crippen molar-refractivity contribution < 1.29 is 9.84 Å². The number of nitrogens with zero attached hydrogens (tertiary/aromatic N) is 3. The highest BCUT2D eigenvalue weighted by atomic mass is 79.9. The Labute approximate surface area is 144 Å². The molecule has 0 amide bonds. The standard InChI is InChI=1S/C15H15BrN4O4/c1-19-13-11(12(16)17-14(19)22)20(15(23)18-13)7-9(21)8-24-10-5-3-2-4-6-10/h2-6,9,21H,7-8H2,1H3,(H,18,23). The first-order chi connectivity index (χ1) is 11.5. The summed E-state index contributed by atoms with van der Waals surface area (Å²) in [6.45, 7) is 0.0318. The highest BCUT2D eigenvalue weighted by Gasteiger charge is 2.17. The van der Waals surface area contributed by atoms with Crippen LogP contribution < -0.4 is 16.1 Å². The number of rotatable bonds is 5. The zero-order valence-electron chi connectivity index (χ0n) is 12.8. The highest BCUT2D eigenvalue weighted by Crippen LogP contribution is 2.17. The first-order valence-electron chi connectivity index (χ1n) is 7.18. The minimum absolute atomic E-state index is 0.00412. The minimum atomic E-state index is -0.911. The second kappa shape index (κ2) is 6.62. The van der Waals surface area contributed by atoms with Gasteiger partial charge in [0.25, 0.3) is 0 Å². The zero-order valence-corrected chi connectivity index (χ0v) is 14.4. The van der Waals surface area contributed by atoms with Gasteiger partial charge in [0.05, 0.1) is 6.54 Å². The van der Waals surface area contributed by atoms with Gasteiger partial charge in [0.15, 0.2) is 0 Å². The molecule has 8 nitrogen and oxygen atoms in total. The topological polar surface area (TPSA) is 102 Å². The predicted octanol–water partition coefficient (Wildman–Crippen LogP) is 0.626. The van der Waals surface area contributed by atoms with Crippen molar-refractivity contribution in [1.29, 1.82) is 0 Å². The Morgan fingerprint density at radius 1 is 1.33 bits per heavy atom. The molecule has 0 spiro atoms. The summed E-state index contributed by atoms with van der Waals surface area (Å²) in [5, 5.41) is 10.2. The average Bonchev–Trinajstić information content (AvgIpc) is 2.89. The van der Waals surface area contributed by atoms with Crippen LogP contribution in [0.5, 0.6) is 5.75 Å². The lowest BCUT2D eigenvalue weighted by Gasteiger charge is -2.13. The van der Waals surface area contributed by atoms with Crippen molar-refractivity contribution in [3.63, 3.8) is 0 Å². The second-order valence-electron chi connectivity index (χ2n) is 5.26. The summed E-state index contributed by atoms with van der Waals surface area (Å²) in [7, 11) is 1.51. The Morgan fingerprint density at radius 3 is 2.75 bits per heavy atom. The van der Waals surface area contributed by atoms with Crippen molar-refractivity contribution in [3.8, 4) is 5.75 Å². The Hall–Kier alpha value is -2.39. The van der Waals surface area contributed by atoms with Crippen LogP contribution in [0.2, 0.25) is 0 Å². The first-order valence-corrected chi connectivity index (χ1v) is 7.97. The molecule has 0 aliphatic heterocycles. The van der Waals surface area contributed by atoms with E-state index in [0.29, 0.717) is 16.9 Å². The summed E-state index contributed by atoms with van der Waals surface area (Å²) >= 11 is 3.19. The van der Waals surface area contributed by atoms with E-state index < -0.39 is 17.5 Å². The van der Waals surface area contributed by atoms with E-state index in [9.17, 15) is 14.7 Å². The molecule has 9 heteroatoms. The normalized spacial score (nSPS) is 12.5. The third-order valence-electron chi connectivity index (χ3n) is 3.56. The van der Waals surface area contributed by atoms with Crippen molar-refractivity contribution >= 4 is 27.1 Å². The largest absolute Gasteiger partial charge is 0.491 e. The summed E-state index contributed by atoms with van der Waals surface area (Å²) in [4.78, 5) is 30.2. The maximum absolute atomic E-state index is 12.2. The predicted molar refractivity (Wildman–Crippen MR) is 91.2 cm³/mol. The molecular formula is C15H15BrN4O4. The number of H-pyrrole nitrogens is 1. The number of aromatic amines is 1. The molecule has 0 radical (unpaired) electrons. The zero-order chi connectivity index (χ0) is 17.3. The van der Waals surface area contributed by atoms with Crippen LogP contribution in [0.1, 0.15) is 0 Å². The van der Waals surface area contributed by atoms with Gasteiger partial charge in [-0.3, -0.25) is 14.1 Å². The van der Waals surface area contributed by atoms with Crippen molar-refractivity contribution in [1.82, 2.24) is 19.1 Å². The van der Waals surface area contributed by atoms with E-state index >= 15 is 0 Å². The van der Waals surface area contributed by atoms with Gasteiger partial charge in [-0.1, -0.05) is 18.2 Å². The molecule has 1 unspecified atom stereocenters. The number of para-hydroxylation sites is 1. The summed E-state index contributed by atoms with van der Waals surface area (Å²) < 4.78 is 8.29. The lowest BCUT2D eigenvalue weighted by Crippen LogP contribution is -2.29. The van der Waals surface area contributed by atoms with Gasteiger partial charge in [0, 0.05) is 7.05 Å². The van der Waals surface area contributed by atoms with E-state index in [1.807, 2.05) is 18.2 Å². The fourth-order valence-electron chi connectivity index (χ4n) is 2.36. The number of aryl methyl sites for hydroxylation is 1. The van der Waals surface area contributed by atoms with Crippen molar-refractivity contribution in [2.75, 3.05) is 6.61 Å². The van der Waals surface area contributed by atoms with Gasteiger partial charge in [0.1, 0.15) is 34.2 Å². The molecule has 0 saturated carbocycles. The fraction of sp³-hybridized carbons (Fsp3) is 0.267. The summed E-state index contributed by atoms with van der Waals surface area (Å²) in [5.74, 6) is 0.632. The third-order valence-corrected chi connectivity index (χ3v) is 4.11. The molecule has 2 N–H and O–H groups in total. The number of aliphatic hydroxyl groups is 1. The number of benzene rings is 1. The van der Waals surface area contributed by atoms with E-state index in [4.69, 9.17) is 4.74 Å². The molecule has 24 heavy (non-hydrogen) atoms. The third kappa shape index (κ3) is 3.13. The van der Waals surface area contributed by atoms with Crippen LogP contribution in [0, 0.1) is 0 Å². The van der Waals surface area contributed by atoms with Crippen LogP contribution in [0.15, 0.2) is 44.5 Å². The molecule has 3 rings (SSSR count). The molecule has 1 atom stereocenters. The average molecular weight is 395 g/mol. The molecule has 2 aromatic heterocycles. The van der Waals surface area contributed by atoms with Crippen molar-refractivity contribution in [2.45, 2.75) is 12.6 Å². The molecule has 0 saturated heterocycles. The monoisotopic (exact) mass is 394 g/mol. The van der Waals surface area contributed by atoms with E-state index in [1.54, 1.807) is 12.1 Å². The fourth-order valence-corrected chi connectivity index (χ4v) is 2.92. The Balaban J connectivity index is 1.85. The molecule has 126 valence electrons. The van der Waals surface area contributed by atoms with Gasteiger partial charge in [-0.25, -0.2) is 9.59 Å². The second-order valence-corrected chi connectivity index (χ2v) is 6.01. The number of halogens is 1. The first kappa shape index (κ1) is 16.5. The van der Waals surface area contributed by atoms with Crippen LogP contribution in [-0.4, -0.2) is 36.9 Å². The van der Waals surface area contributed by atoms with Gasteiger partial charge in [-0.2, -0.15) is 4.98 Å². The van der Waals surface area contributed by atoms with Crippen LogP contribution in [-0.2, 0) is 13.6 Å². The Bertz CT molecular complexity index is 977. The maximum Gasteiger partial charge on any atom is 0.350 e. The summed E-state index contributed by atoms with van der Waals surface area (Å²) in [6.07, 6.45) is -0.911.